The Balaban J connectivity index is 2.55. The fourth-order valence-corrected chi connectivity index (χ4v) is 1.09. The summed E-state index contributed by atoms with van der Waals surface area (Å²) in [5.74, 6) is 0.576. The highest BCUT2D eigenvalue weighted by molar-refractivity contribution is 6.28. The molecule has 1 aromatic carbocycles. The van der Waals surface area contributed by atoms with Gasteiger partial charge in [0.2, 0.25) is 0 Å². The van der Waals surface area contributed by atoms with E-state index in [0.29, 0.717) is 5.75 Å². The van der Waals surface area contributed by atoms with Gasteiger partial charge in [0.15, 0.2) is 11.9 Å². The Morgan fingerprint density at radius 3 is 2.62 bits per heavy atom. The van der Waals surface area contributed by atoms with Gasteiger partial charge in [-0.05, 0) is 19.1 Å². The van der Waals surface area contributed by atoms with E-state index in [4.69, 9.17) is 16.3 Å². The van der Waals surface area contributed by atoms with E-state index in [0.717, 1.165) is 0 Å². The molecule has 2 nitrogen and oxygen atoms in total. The minimum absolute atomic E-state index is 0.00595. The van der Waals surface area contributed by atoms with Crippen LogP contribution in [-0.4, -0.2) is 17.8 Å². The van der Waals surface area contributed by atoms with Gasteiger partial charge < -0.3 is 4.74 Å². The van der Waals surface area contributed by atoms with Crippen molar-refractivity contribution in [1.82, 2.24) is 0 Å². The van der Waals surface area contributed by atoms with Crippen LogP contribution in [0, 0.1) is 0 Å². The number of alkyl halides is 1. The molecule has 0 bridgehead atoms. The third kappa shape index (κ3) is 3.07. The molecule has 0 N–H and O–H groups in total. The van der Waals surface area contributed by atoms with Crippen LogP contribution in [-0.2, 0) is 4.79 Å². The Labute approximate surface area is 82.5 Å². The molecular weight excluding hydrogens is 188 g/mol. The first kappa shape index (κ1) is 10.1. The fraction of sp³-hybridized carbons (Fsp3) is 0.300. The molecular formula is C10H11ClO2. The smallest absolute Gasteiger partial charge is 0.187 e. The maximum atomic E-state index is 11.1. The predicted molar refractivity (Wildman–Crippen MR) is 52.3 cm³/mol. The van der Waals surface area contributed by atoms with Crippen LogP contribution in [0.25, 0.3) is 0 Å². The highest BCUT2D eigenvalue weighted by atomic mass is 35.5. The number of hydrogen-bond acceptors (Lipinski definition) is 2. The number of carbonyl (C=O) groups is 1. The van der Waals surface area contributed by atoms with E-state index < -0.39 is 6.10 Å². The quantitative estimate of drug-likeness (QED) is 0.694. The molecule has 0 aliphatic carbocycles. The zero-order chi connectivity index (χ0) is 9.68. The van der Waals surface area contributed by atoms with Crippen molar-refractivity contribution in [3.63, 3.8) is 0 Å². The van der Waals surface area contributed by atoms with E-state index in [1.165, 1.54) is 0 Å². The first-order chi connectivity index (χ1) is 6.24. The second kappa shape index (κ2) is 4.87. The lowest BCUT2D eigenvalue weighted by atomic mass is 10.3. The number of benzene rings is 1. The van der Waals surface area contributed by atoms with E-state index in [1.54, 1.807) is 19.1 Å². The first-order valence-electron chi connectivity index (χ1n) is 4.04. The normalized spacial score (nSPS) is 12.2. The molecule has 1 rings (SSSR count). The number of Topliss-reactive ketones (excluding diaryl/α,β-unsaturated/α-hetero) is 1. The van der Waals surface area contributed by atoms with Gasteiger partial charge in [-0.3, -0.25) is 4.79 Å². The third-order valence-electron chi connectivity index (χ3n) is 1.64. The molecule has 0 saturated carbocycles. The van der Waals surface area contributed by atoms with Gasteiger partial charge in [0.25, 0.3) is 0 Å². The second-order valence-corrected chi connectivity index (χ2v) is 2.94. The molecule has 0 amide bonds. The van der Waals surface area contributed by atoms with Crippen LogP contribution in [0.1, 0.15) is 6.92 Å². The maximum Gasteiger partial charge on any atom is 0.187 e. The van der Waals surface area contributed by atoms with Crippen LogP contribution < -0.4 is 4.74 Å². The number of halogens is 1. The van der Waals surface area contributed by atoms with Crippen molar-refractivity contribution in [2.75, 3.05) is 5.88 Å². The summed E-state index contributed by atoms with van der Waals surface area (Å²) in [5.41, 5.74) is 0. The molecule has 1 unspecified atom stereocenters. The van der Waals surface area contributed by atoms with Gasteiger partial charge in [0.05, 0.1) is 5.88 Å². The molecule has 0 radical (unpaired) electrons. The molecule has 0 aliphatic rings. The molecule has 0 spiro atoms. The minimum Gasteiger partial charge on any atom is -0.483 e. The molecule has 0 aliphatic heterocycles. The maximum absolute atomic E-state index is 11.1. The predicted octanol–water partition coefficient (Wildman–Crippen LogP) is 2.26. The Morgan fingerprint density at radius 2 is 2.08 bits per heavy atom. The number of ketones is 1. The number of para-hydroxylation sites is 1. The van der Waals surface area contributed by atoms with Gasteiger partial charge in [-0.2, -0.15) is 0 Å². The monoisotopic (exact) mass is 198 g/mol. The summed E-state index contributed by atoms with van der Waals surface area (Å²) in [6.45, 7) is 1.69. The van der Waals surface area contributed by atoms with Crippen LogP contribution in [0.3, 0.4) is 0 Å². The zero-order valence-electron chi connectivity index (χ0n) is 7.37. The lowest BCUT2D eigenvalue weighted by Gasteiger charge is -2.11. The molecule has 3 heteroatoms. The molecule has 0 aromatic heterocycles. The van der Waals surface area contributed by atoms with Gasteiger partial charge in [-0.25, -0.2) is 0 Å². The molecule has 0 saturated heterocycles. The summed E-state index contributed by atoms with van der Waals surface area (Å²) in [6, 6.07) is 9.21. The zero-order valence-corrected chi connectivity index (χ0v) is 8.12. The average molecular weight is 199 g/mol. The number of hydrogen-bond donors (Lipinski definition) is 0. The Kier molecular flexibility index (Phi) is 3.77. The van der Waals surface area contributed by atoms with Crippen LogP contribution in [0.15, 0.2) is 30.3 Å². The van der Waals surface area contributed by atoms with Crippen molar-refractivity contribution < 1.29 is 9.53 Å². The summed E-state index contributed by atoms with van der Waals surface area (Å²) in [6.07, 6.45) is -0.472. The lowest BCUT2D eigenvalue weighted by Crippen LogP contribution is -2.24. The minimum atomic E-state index is -0.472. The van der Waals surface area contributed by atoms with Crippen molar-refractivity contribution in [3.05, 3.63) is 30.3 Å². The van der Waals surface area contributed by atoms with Crippen LogP contribution in [0.5, 0.6) is 5.75 Å². The van der Waals surface area contributed by atoms with E-state index in [-0.39, 0.29) is 11.7 Å². The van der Waals surface area contributed by atoms with Crippen molar-refractivity contribution in [2.45, 2.75) is 13.0 Å². The van der Waals surface area contributed by atoms with Gasteiger partial charge in [-0.15, -0.1) is 11.6 Å². The van der Waals surface area contributed by atoms with E-state index >= 15 is 0 Å². The Hall–Kier alpha value is -1.02. The largest absolute Gasteiger partial charge is 0.483 e. The SMILES string of the molecule is CC(Oc1ccccc1)C(=O)CCl. The van der Waals surface area contributed by atoms with Crippen LogP contribution >= 0.6 is 11.6 Å². The first-order valence-corrected chi connectivity index (χ1v) is 4.58. The van der Waals surface area contributed by atoms with E-state index in [1.807, 2.05) is 18.2 Å². The molecule has 1 aromatic rings. The van der Waals surface area contributed by atoms with Crippen molar-refractivity contribution in [3.8, 4) is 5.75 Å². The van der Waals surface area contributed by atoms with Crippen molar-refractivity contribution >= 4 is 17.4 Å². The van der Waals surface area contributed by atoms with Gasteiger partial charge in [-0.1, -0.05) is 18.2 Å². The second-order valence-electron chi connectivity index (χ2n) is 2.67. The van der Waals surface area contributed by atoms with Crippen LogP contribution in [0.4, 0.5) is 0 Å². The van der Waals surface area contributed by atoms with Crippen LogP contribution in [0.2, 0.25) is 0 Å². The summed E-state index contributed by atoms with van der Waals surface area (Å²) in [5, 5.41) is 0. The number of rotatable bonds is 4. The molecule has 1 atom stereocenters. The average Bonchev–Trinajstić information content (AvgIpc) is 2.18. The summed E-state index contributed by atoms with van der Waals surface area (Å²) in [4.78, 5) is 11.1. The fourth-order valence-electron chi connectivity index (χ4n) is 0.878. The lowest BCUT2D eigenvalue weighted by molar-refractivity contribution is -0.122. The topological polar surface area (TPSA) is 26.3 Å². The van der Waals surface area contributed by atoms with E-state index in [2.05, 4.69) is 0 Å². The molecule has 0 heterocycles. The standard InChI is InChI=1S/C10H11ClO2/c1-8(10(12)7-11)13-9-5-3-2-4-6-9/h2-6,8H,7H2,1H3. The van der Waals surface area contributed by atoms with Crippen molar-refractivity contribution in [2.24, 2.45) is 0 Å². The number of carbonyl (C=O) groups excluding carboxylic acids is 1. The molecule has 70 valence electrons. The van der Waals surface area contributed by atoms with Gasteiger partial charge in [0, 0.05) is 0 Å². The molecule has 13 heavy (non-hydrogen) atoms. The molecule has 0 fully saturated rings. The van der Waals surface area contributed by atoms with Gasteiger partial charge in [0.1, 0.15) is 5.75 Å². The summed E-state index contributed by atoms with van der Waals surface area (Å²) < 4.78 is 5.33. The van der Waals surface area contributed by atoms with Crippen molar-refractivity contribution in [1.29, 1.82) is 0 Å². The third-order valence-corrected chi connectivity index (χ3v) is 1.90. The highest BCUT2D eigenvalue weighted by Crippen LogP contribution is 2.11. The summed E-state index contributed by atoms with van der Waals surface area (Å²) in [7, 11) is 0. The Morgan fingerprint density at radius 1 is 1.46 bits per heavy atom. The Bertz CT molecular complexity index is 272. The number of ether oxygens (including phenoxy) is 1. The highest BCUT2D eigenvalue weighted by Gasteiger charge is 2.12. The van der Waals surface area contributed by atoms with Gasteiger partial charge >= 0.3 is 0 Å². The van der Waals surface area contributed by atoms with E-state index in [9.17, 15) is 4.79 Å². The summed E-state index contributed by atoms with van der Waals surface area (Å²) >= 11 is 5.38.